The number of amides is 2. The number of primary amides is 1. The van der Waals surface area contributed by atoms with E-state index >= 15 is 0 Å². The highest BCUT2D eigenvalue weighted by atomic mass is 19.1. The minimum absolute atomic E-state index is 0.0319. The van der Waals surface area contributed by atoms with Gasteiger partial charge in [0.05, 0.1) is 12.2 Å². The molecule has 1 aliphatic rings. The van der Waals surface area contributed by atoms with Gasteiger partial charge in [-0.3, -0.25) is 14.5 Å². The lowest BCUT2D eigenvalue weighted by atomic mass is 10.2. The minimum atomic E-state index is -0.499. The SMILES string of the molecule is NC(=O)CCN(C(=O)CN1CCN(c2ccccc2O)CC1)c1ccc(F)cc1. The number of nitrogens with two attached hydrogens (primary N) is 1. The van der Waals surface area contributed by atoms with Gasteiger partial charge in [0.25, 0.3) is 0 Å². The zero-order chi connectivity index (χ0) is 20.8. The lowest BCUT2D eigenvalue weighted by molar-refractivity contribution is -0.120. The summed E-state index contributed by atoms with van der Waals surface area (Å²) in [7, 11) is 0. The summed E-state index contributed by atoms with van der Waals surface area (Å²) < 4.78 is 13.2. The Balaban J connectivity index is 1.61. The third-order valence-corrected chi connectivity index (χ3v) is 4.97. The van der Waals surface area contributed by atoms with Crippen LogP contribution in [0.4, 0.5) is 15.8 Å². The summed E-state index contributed by atoms with van der Waals surface area (Å²) in [6.45, 7) is 3.02. The number of hydrogen-bond acceptors (Lipinski definition) is 5. The number of benzene rings is 2. The van der Waals surface area contributed by atoms with Crippen molar-refractivity contribution >= 4 is 23.2 Å². The second-order valence-electron chi connectivity index (χ2n) is 6.99. The number of halogens is 1. The van der Waals surface area contributed by atoms with Crippen LogP contribution in [0.15, 0.2) is 48.5 Å². The standard InChI is InChI=1S/C21H25FN4O3/c22-16-5-7-17(8-6-16)26(10-9-20(23)28)21(29)15-24-11-13-25(14-12-24)18-3-1-2-4-19(18)27/h1-8,27H,9-15H2,(H2,23,28). The second kappa shape index (κ2) is 9.38. The van der Waals surface area contributed by atoms with Gasteiger partial charge in [0.2, 0.25) is 11.8 Å². The number of carbonyl (C=O) groups is 2. The summed E-state index contributed by atoms with van der Waals surface area (Å²) in [5.41, 5.74) is 6.55. The van der Waals surface area contributed by atoms with Crippen LogP contribution in [0.5, 0.6) is 5.75 Å². The van der Waals surface area contributed by atoms with E-state index in [9.17, 15) is 19.1 Å². The summed E-state index contributed by atoms with van der Waals surface area (Å²) in [6, 6.07) is 12.8. The Kier molecular flexibility index (Phi) is 6.66. The van der Waals surface area contributed by atoms with E-state index in [2.05, 4.69) is 4.90 Å². The number of anilines is 2. The van der Waals surface area contributed by atoms with Crippen LogP contribution in [-0.4, -0.2) is 61.1 Å². The molecule has 7 nitrogen and oxygen atoms in total. The summed E-state index contributed by atoms with van der Waals surface area (Å²) in [5, 5.41) is 10.0. The van der Waals surface area contributed by atoms with Crippen LogP contribution < -0.4 is 15.5 Å². The van der Waals surface area contributed by atoms with E-state index in [0.717, 1.165) is 5.69 Å². The Morgan fingerprint density at radius 2 is 1.69 bits per heavy atom. The smallest absolute Gasteiger partial charge is 0.241 e. The predicted molar refractivity (Wildman–Crippen MR) is 109 cm³/mol. The molecule has 0 saturated carbocycles. The molecule has 0 atom stereocenters. The summed E-state index contributed by atoms with van der Waals surface area (Å²) in [5.74, 6) is -0.822. The van der Waals surface area contributed by atoms with Crippen molar-refractivity contribution in [1.29, 1.82) is 0 Å². The van der Waals surface area contributed by atoms with E-state index in [4.69, 9.17) is 5.73 Å². The average Bonchev–Trinajstić information content (AvgIpc) is 2.70. The number of hydrogen-bond donors (Lipinski definition) is 2. The minimum Gasteiger partial charge on any atom is -0.506 e. The maximum absolute atomic E-state index is 13.2. The molecule has 1 aliphatic heterocycles. The van der Waals surface area contributed by atoms with E-state index < -0.39 is 11.7 Å². The van der Waals surface area contributed by atoms with Gasteiger partial charge in [0, 0.05) is 44.8 Å². The maximum atomic E-state index is 13.2. The Morgan fingerprint density at radius 3 is 2.31 bits per heavy atom. The largest absolute Gasteiger partial charge is 0.506 e. The zero-order valence-corrected chi connectivity index (χ0v) is 16.1. The number of rotatable bonds is 7. The molecule has 0 aliphatic carbocycles. The number of para-hydroxylation sites is 2. The number of phenols is 1. The molecule has 0 spiro atoms. The molecular weight excluding hydrogens is 375 g/mol. The maximum Gasteiger partial charge on any atom is 0.241 e. The average molecular weight is 400 g/mol. The van der Waals surface area contributed by atoms with Gasteiger partial charge in [-0.15, -0.1) is 0 Å². The first-order valence-electron chi connectivity index (χ1n) is 9.53. The first-order valence-corrected chi connectivity index (χ1v) is 9.53. The molecule has 3 rings (SSSR count). The number of nitrogens with zero attached hydrogens (tertiary/aromatic N) is 3. The van der Waals surface area contributed by atoms with E-state index in [-0.39, 0.29) is 31.2 Å². The summed E-state index contributed by atoms with van der Waals surface area (Å²) >= 11 is 0. The molecular formula is C21H25FN4O3. The van der Waals surface area contributed by atoms with Crippen LogP contribution in [0.2, 0.25) is 0 Å². The molecule has 0 bridgehead atoms. The molecule has 2 aromatic carbocycles. The molecule has 29 heavy (non-hydrogen) atoms. The Morgan fingerprint density at radius 1 is 1.03 bits per heavy atom. The molecule has 154 valence electrons. The van der Waals surface area contributed by atoms with Crippen molar-refractivity contribution in [2.75, 3.05) is 49.1 Å². The van der Waals surface area contributed by atoms with Gasteiger partial charge < -0.3 is 20.6 Å². The highest BCUT2D eigenvalue weighted by Crippen LogP contribution is 2.27. The van der Waals surface area contributed by atoms with Crippen molar-refractivity contribution in [2.45, 2.75) is 6.42 Å². The number of phenolic OH excluding ortho intramolecular Hbond substituents is 1. The van der Waals surface area contributed by atoms with E-state index in [1.165, 1.54) is 29.2 Å². The molecule has 0 unspecified atom stereocenters. The quantitative estimate of drug-likeness (QED) is 0.736. The van der Waals surface area contributed by atoms with E-state index in [1.807, 2.05) is 17.0 Å². The molecule has 0 aromatic heterocycles. The first-order chi connectivity index (χ1) is 13.9. The van der Waals surface area contributed by atoms with E-state index in [1.54, 1.807) is 12.1 Å². The van der Waals surface area contributed by atoms with Gasteiger partial charge in [-0.05, 0) is 36.4 Å². The zero-order valence-electron chi connectivity index (χ0n) is 16.1. The third kappa shape index (κ3) is 5.45. The predicted octanol–water partition coefficient (Wildman–Crippen LogP) is 1.56. The van der Waals surface area contributed by atoms with Gasteiger partial charge in [0.15, 0.2) is 0 Å². The molecule has 3 N–H and O–H groups in total. The third-order valence-electron chi connectivity index (χ3n) is 4.97. The Hall–Kier alpha value is -3.13. The lowest BCUT2D eigenvalue weighted by Crippen LogP contribution is -2.50. The van der Waals surface area contributed by atoms with Crippen molar-refractivity contribution in [1.82, 2.24) is 4.90 Å². The highest BCUT2D eigenvalue weighted by Gasteiger charge is 2.24. The Bertz CT molecular complexity index is 851. The molecule has 8 heteroatoms. The van der Waals surface area contributed by atoms with Crippen LogP contribution in [0.3, 0.4) is 0 Å². The van der Waals surface area contributed by atoms with Crippen molar-refractivity contribution in [3.05, 3.63) is 54.3 Å². The van der Waals surface area contributed by atoms with Crippen molar-refractivity contribution in [2.24, 2.45) is 5.73 Å². The fourth-order valence-corrected chi connectivity index (χ4v) is 3.40. The van der Waals surface area contributed by atoms with Crippen molar-refractivity contribution in [3.63, 3.8) is 0 Å². The van der Waals surface area contributed by atoms with Crippen molar-refractivity contribution < 1.29 is 19.1 Å². The lowest BCUT2D eigenvalue weighted by Gasteiger charge is -2.36. The van der Waals surface area contributed by atoms with E-state index in [0.29, 0.717) is 31.9 Å². The normalized spacial score (nSPS) is 14.6. The van der Waals surface area contributed by atoms with Gasteiger partial charge in [-0.25, -0.2) is 4.39 Å². The summed E-state index contributed by atoms with van der Waals surface area (Å²) in [4.78, 5) is 29.7. The van der Waals surface area contributed by atoms with Gasteiger partial charge >= 0.3 is 0 Å². The second-order valence-corrected chi connectivity index (χ2v) is 6.99. The molecule has 0 radical (unpaired) electrons. The van der Waals surface area contributed by atoms with Crippen LogP contribution in [0.25, 0.3) is 0 Å². The Labute approximate surface area is 169 Å². The van der Waals surface area contributed by atoms with Crippen LogP contribution >= 0.6 is 0 Å². The van der Waals surface area contributed by atoms with Gasteiger partial charge in [-0.1, -0.05) is 12.1 Å². The molecule has 1 heterocycles. The van der Waals surface area contributed by atoms with Crippen molar-refractivity contribution in [3.8, 4) is 5.75 Å². The monoisotopic (exact) mass is 400 g/mol. The fourth-order valence-electron chi connectivity index (χ4n) is 3.40. The highest BCUT2D eigenvalue weighted by molar-refractivity contribution is 5.95. The first kappa shape index (κ1) is 20.6. The number of piperazine rings is 1. The molecule has 2 aromatic rings. The molecule has 2 amide bonds. The number of aromatic hydroxyl groups is 1. The van der Waals surface area contributed by atoms with Crippen LogP contribution in [0.1, 0.15) is 6.42 Å². The number of carbonyl (C=O) groups excluding carboxylic acids is 2. The fraction of sp³-hybridized carbons (Fsp3) is 0.333. The van der Waals surface area contributed by atoms with Gasteiger partial charge in [-0.2, -0.15) is 0 Å². The van der Waals surface area contributed by atoms with Crippen LogP contribution in [-0.2, 0) is 9.59 Å². The topological polar surface area (TPSA) is 90.1 Å². The van der Waals surface area contributed by atoms with Gasteiger partial charge in [0.1, 0.15) is 11.6 Å². The van der Waals surface area contributed by atoms with Crippen LogP contribution in [0, 0.1) is 5.82 Å². The molecule has 1 saturated heterocycles. The molecule has 1 fully saturated rings. The summed E-state index contributed by atoms with van der Waals surface area (Å²) in [6.07, 6.45) is 0.0319.